The minimum absolute atomic E-state index is 0.321. The standard InChI is InChI=1S/C27H35Cl3N2Si/c1-17(2)21-11-9-12-22(18(3)4)26(21)31-15-25(33(28,29)30)32(16-31)27-23(19(5)6)13-10-14-24(27)20(7)8/h9-15,17-20H,1-8H3. The van der Waals surface area contributed by atoms with Gasteiger partial charge in [-0.25, -0.2) is 0 Å². The van der Waals surface area contributed by atoms with Gasteiger partial charge in [0, 0.05) is 6.20 Å². The summed E-state index contributed by atoms with van der Waals surface area (Å²) in [4.78, 5) is 0. The van der Waals surface area contributed by atoms with Crippen molar-refractivity contribution in [2.75, 3.05) is 0 Å². The Bertz CT molecular complexity index is 1070. The minimum atomic E-state index is -3.25. The van der Waals surface area contributed by atoms with Gasteiger partial charge in [-0.1, -0.05) is 91.8 Å². The fourth-order valence-corrected chi connectivity index (χ4v) is 6.31. The number of benzene rings is 2. The van der Waals surface area contributed by atoms with E-state index in [1.807, 2.05) is 10.8 Å². The fraction of sp³-hybridized carbons (Fsp3) is 0.444. The summed E-state index contributed by atoms with van der Waals surface area (Å²) in [6.07, 6.45) is 5.61. The van der Waals surface area contributed by atoms with Gasteiger partial charge in [0.1, 0.15) is 0 Å². The minimum Gasteiger partial charge on any atom is -0.298 e. The van der Waals surface area contributed by atoms with Crippen LogP contribution in [-0.2, 0) is 0 Å². The Morgan fingerprint density at radius 1 is 0.697 bits per heavy atom. The molecule has 178 valence electrons. The van der Waals surface area contributed by atoms with E-state index in [1.54, 1.807) is 0 Å². The molecule has 0 atom stereocenters. The van der Waals surface area contributed by atoms with Gasteiger partial charge in [-0.05, 0) is 45.9 Å². The molecule has 1 aromatic heterocycles. The van der Waals surface area contributed by atoms with Gasteiger partial charge < -0.3 is 0 Å². The Labute approximate surface area is 214 Å². The van der Waals surface area contributed by atoms with Crippen LogP contribution in [0.3, 0.4) is 0 Å². The van der Waals surface area contributed by atoms with E-state index in [-0.39, 0.29) is 0 Å². The molecule has 0 radical (unpaired) electrons. The Morgan fingerprint density at radius 2 is 1.09 bits per heavy atom. The molecule has 0 saturated heterocycles. The van der Waals surface area contributed by atoms with E-state index in [0.29, 0.717) is 23.7 Å². The molecule has 0 aliphatic carbocycles. The van der Waals surface area contributed by atoms with Crippen molar-refractivity contribution in [3.63, 3.8) is 0 Å². The molecule has 0 spiro atoms. The summed E-state index contributed by atoms with van der Waals surface area (Å²) >= 11 is 20.1. The molecule has 0 aliphatic rings. The third-order valence-electron chi connectivity index (χ3n) is 6.14. The first-order valence-electron chi connectivity index (χ1n) is 11.7. The zero-order valence-electron chi connectivity index (χ0n) is 20.9. The largest absolute Gasteiger partial charge is 0.368 e. The molecular formula is C27H35Cl3N2Si. The van der Waals surface area contributed by atoms with E-state index in [2.05, 4.69) is 103 Å². The molecule has 0 saturated carbocycles. The zero-order valence-corrected chi connectivity index (χ0v) is 24.1. The average Bonchev–Trinajstić information content (AvgIpc) is 3.17. The van der Waals surface area contributed by atoms with Gasteiger partial charge in [0.15, 0.2) is 0 Å². The van der Waals surface area contributed by atoms with E-state index in [1.165, 1.54) is 22.3 Å². The maximum atomic E-state index is 6.70. The first kappa shape index (κ1) is 26.3. The summed E-state index contributed by atoms with van der Waals surface area (Å²) < 4.78 is 4.10. The normalized spacial score (nSPS) is 12.6. The molecule has 3 rings (SSSR count). The number of halogens is 3. The second-order valence-corrected chi connectivity index (χ2v) is 18.4. The number of aromatic nitrogens is 2. The van der Waals surface area contributed by atoms with E-state index in [9.17, 15) is 0 Å². The first-order valence-corrected chi connectivity index (χ1v) is 16.8. The van der Waals surface area contributed by atoms with Crippen LogP contribution in [0.4, 0.5) is 0 Å². The average molecular weight is 522 g/mol. The SMILES string of the molecule is CC(C)c1cccc(C(C)C)c1-n1[c-][n+](-c2c(C(C)C)cccc2C(C)C)c([Si](Cl)(Cl)Cl)c1. The molecule has 0 amide bonds. The van der Waals surface area contributed by atoms with Crippen LogP contribution < -0.4 is 9.88 Å². The van der Waals surface area contributed by atoms with Crippen LogP contribution in [-0.4, -0.2) is 10.6 Å². The van der Waals surface area contributed by atoms with E-state index in [4.69, 9.17) is 33.2 Å². The lowest BCUT2D eigenvalue weighted by Gasteiger charge is -2.22. The lowest BCUT2D eigenvalue weighted by molar-refractivity contribution is -0.582. The predicted octanol–water partition coefficient (Wildman–Crippen LogP) is 7.91. The molecular weight excluding hydrogens is 487 g/mol. The van der Waals surface area contributed by atoms with Gasteiger partial charge in [-0.3, -0.25) is 9.13 Å². The topological polar surface area (TPSA) is 8.81 Å². The summed E-state index contributed by atoms with van der Waals surface area (Å²) in [7, 11) is 0. The summed E-state index contributed by atoms with van der Waals surface area (Å²) in [5.74, 6) is 1.35. The highest BCUT2D eigenvalue weighted by Gasteiger charge is 2.35. The lowest BCUT2D eigenvalue weighted by Crippen LogP contribution is -2.55. The molecule has 1 heterocycles. The summed E-state index contributed by atoms with van der Waals surface area (Å²) in [6, 6.07) is 9.76. The van der Waals surface area contributed by atoms with Crippen LogP contribution in [0.5, 0.6) is 0 Å². The van der Waals surface area contributed by atoms with Gasteiger partial charge in [-0.2, -0.15) is 0 Å². The molecule has 2 aromatic carbocycles. The van der Waals surface area contributed by atoms with Crippen molar-refractivity contribution in [3.8, 4) is 11.4 Å². The van der Waals surface area contributed by atoms with Crippen molar-refractivity contribution in [2.24, 2.45) is 0 Å². The van der Waals surface area contributed by atoms with Gasteiger partial charge in [0.25, 0.3) is 6.33 Å². The zero-order chi connectivity index (χ0) is 24.7. The van der Waals surface area contributed by atoms with Crippen molar-refractivity contribution in [1.82, 2.24) is 4.57 Å². The number of para-hydroxylation sites is 2. The molecule has 3 aromatic rings. The molecule has 0 bridgehead atoms. The fourth-order valence-electron chi connectivity index (χ4n) is 4.42. The Kier molecular flexibility index (Phi) is 8.11. The van der Waals surface area contributed by atoms with Gasteiger partial charge in [0.2, 0.25) is 0 Å². The van der Waals surface area contributed by atoms with Crippen molar-refractivity contribution >= 4 is 44.6 Å². The lowest BCUT2D eigenvalue weighted by atomic mass is 9.92. The summed E-state index contributed by atoms with van der Waals surface area (Å²) in [5.41, 5.74) is 7.20. The van der Waals surface area contributed by atoms with Crippen molar-refractivity contribution in [3.05, 3.63) is 71.2 Å². The van der Waals surface area contributed by atoms with Crippen LogP contribution in [0.15, 0.2) is 42.6 Å². The number of rotatable bonds is 7. The monoisotopic (exact) mass is 520 g/mol. The Hall–Kier alpha value is -1.26. The van der Waals surface area contributed by atoms with Crippen LogP contribution in [0.25, 0.3) is 11.4 Å². The maximum absolute atomic E-state index is 6.70. The van der Waals surface area contributed by atoms with Gasteiger partial charge in [-0.15, -0.1) is 33.2 Å². The highest BCUT2D eigenvalue weighted by Crippen LogP contribution is 2.32. The van der Waals surface area contributed by atoms with Gasteiger partial charge >= 0.3 is 6.00 Å². The Morgan fingerprint density at radius 3 is 1.45 bits per heavy atom. The number of hydrogen-bond donors (Lipinski definition) is 0. The third-order valence-corrected chi connectivity index (χ3v) is 8.82. The molecule has 2 nitrogen and oxygen atoms in total. The van der Waals surface area contributed by atoms with Crippen LogP contribution in [0.2, 0.25) is 0 Å². The smallest absolute Gasteiger partial charge is 0.298 e. The highest BCUT2D eigenvalue weighted by atomic mass is 35.8. The van der Waals surface area contributed by atoms with E-state index in [0.717, 1.165) is 16.7 Å². The molecule has 0 N–H and O–H groups in total. The number of imidazole rings is 1. The molecule has 33 heavy (non-hydrogen) atoms. The molecule has 0 aliphatic heterocycles. The molecule has 6 heteroatoms. The predicted molar refractivity (Wildman–Crippen MR) is 145 cm³/mol. The Balaban J connectivity index is 2.44. The summed E-state index contributed by atoms with van der Waals surface area (Å²) in [6.45, 7) is 17.7. The third kappa shape index (κ3) is 5.37. The van der Waals surface area contributed by atoms with Gasteiger partial charge in [0.05, 0.1) is 16.7 Å². The second-order valence-electron chi connectivity index (χ2n) is 10.0. The molecule has 0 fully saturated rings. The van der Waals surface area contributed by atoms with E-state index >= 15 is 0 Å². The first-order chi connectivity index (χ1) is 15.3. The van der Waals surface area contributed by atoms with Crippen molar-refractivity contribution in [1.29, 1.82) is 0 Å². The molecule has 0 unspecified atom stereocenters. The van der Waals surface area contributed by atoms with Crippen molar-refractivity contribution < 1.29 is 4.57 Å². The second kappa shape index (κ2) is 10.2. The number of hydrogen-bond acceptors (Lipinski definition) is 0. The maximum Gasteiger partial charge on any atom is 0.368 e. The van der Waals surface area contributed by atoms with Crippen LogP contribution in [0.1, 0.15) is 101 Å². The quantitative estimate of drug-likeness (QED) is 0.129. The van der Waals surface area contributed by atoms with E-state index < -0.39 is 6.00 Å². The highest BCUT2D eigenvalue weighted by molar-refractivity contribution is 7.69. The number of nitrogens with zero attached hydrogens (tertiary/aromatic N) is 2. The van der Waals surface area contributed by atoms with Crippen molar-refractivity contribution in [2.45, 2.75) is 79.1 Å². The van der Waals surface area contributed by atoms with Crippen LogP contribution in [0, 0.1) is 6.33 Å². The van der Waals surface area contributed by atoms with Crippen LogP contribution >= 0.6 is 33.2 Å². The summed E-state index contributed by atoms with van der Waals surface area (Å²) in [5, 5.41) is 0.718.